The van der Waals surface area contributed by atoms with Gasteiger partial charge in [-0.1, -0.05) is 0 Å². The molecule has 2 rings (SSSR count). The molecular weight excluding hydrogens is 308 g/mol. The van der Waals surface area contributed by atoms with Crippen molar-refractivity contribution in [2.45, 2.75) is 18.9 Å². The average molecular weight is 320 g/mol. The van der Waals surface area contributed by atoms with Gasteiger partial charge >= 0.3 is 0 Å². The molecule has 0 bridgehead atoms. The van der Waals surface area contributed by atoms with E-state index in [-0.39, 0.29) is 29.2 Å². The first-order valence-corrected chi connectivity index (χ1v) is 6.40. The highest BCUT2D eigenvalue weighted by Crippen LogP contribution is 2.30. The van der Waals surface area contributed by atoms with Gasteiger partial charge < -0.3 is 10.0 Å². The van der Waals surface area contributed by atoms with E-state index < -0.39 is 17.5 Å². The summed E-state index contributed by atoms with van der Waals surface area (Å²) in [5.74, 6) is -2.45. The Balaban J connectivity index is 2.29. The van der Waals surface area contributed by atoms with Crippen LogP contribution in [-0.4, -0.2) is 35.1 Å². The Morgan fingerprint density at radius 2 is 2.00 bits per heavy atom. The lowest BCUT2D eigenvalue weighted by Crippen LogP contribution is -2.35. The molecule has 1 aliphatic rings. The molecule has 0 aliphatic heterocycles. The van der Waals surface area contributed by atoms with E-state index in [0.717, 1.165) is 25.0 Å². The Morgan fingerprint density at radius 1 is 1.39 bits per heavy atom. The first kappa shape index (κ1) is 13.4. The van der Waals surface area contributed by atoms with Crippen LogP contribution in [0.15, 0.2) is 16.6 Å². The topological polar surface area (TPSA) is 40.5 Å². The second-order valence-electron chi connectivity index (χ2n) is 4.20. The van der Waals surface area contributed by atoms with E-state index in [1.165, 1.54) is 4.90 Å². The normalized spacial score (nSPS) is 14.7. The summed E-state index contributed by atoms with van der Waals surface area (Å²) in [7, 11) is 0. The molecule has 1 saturated carbocycles. The van der Waals surface area contributed by atoms with Gasteiger partial charge in [0, 0.05) is 17.1 Å². The molecule has 0 heterocycles. The Labute approximate surface area is 112 Å². The van der Waals surface area contributed by atoms with Gasteiger partial charge in [-0.3, -0.25) is 4.79 Å². The maximum atomic E-state index is 13.2. The van der Waals surface area contributed by atoms with Gasteiger partial charge in [0.15, 0.2) is 11.6 Å². The van der Waals surface area contributed by atoms with Gasteiger partial charge in [-0.15, -0.1) is 0 Å². The first-order valence-electron chi connectivity index (χ1n) is 5.61. The highest BCUT2D eigenvalue weighted by Gasteiger charge is 2.33. The zero-order valence-electron chi connectivity index (χ0n) is 9.50. The summed E-state index contributed by atoms with van der Waals surface area (Å²) >= 11 is 3.05. The van der Waals surface area contributed by atoms with Crippen LogP contribution in [0.25, 0.3) is 0 Å². The summed E-state index contributed by atoms with van der Waals surface area (Å²) < 4.78 is 26.4. The molecule has 0 unspecified atom stereocenters. The van der Waals surface area contributed by atoms with E-state index in [1.807, 2.05) is 0 Å². The van der Waals surface area contributed by atoms with Crippen LogP contribution in [-0.2, 0) is 0 Å². The fourth-order valence-corrected chi connectivity index (χ4v) is 2.27. The average Bonchev–Trinajstić information content (AvgIpc) is 3.14. The van der Waals surface area contributed by atoms with Crippen LogP contribution in [0.2, 0.25) is 0 Å². The second-order valence-corrected chi connectivity index (χ2v) is 5.05. The van der Waals surface area contributed by atoms with Crippen LogP contribution in [0.4, 0.5) is 8.78 Å². The molecule has 1 fully saturated rings. The van der Waals surface area contributed by atoms with E-state index in [1.54, 1.807) is 0 Å². The molecule has 1 amide bonds. The first-order chi connectivity index (χ1) is 8.54. The highest BCUT2D eigenvalue weighted by molar-refractivity contribution is 9.10. The van der Waals surface area contributed by atoms with E-state index in [0.29, 0.717) is 0 Å². The van der Waals surface area contributed by atoms with Crippen LogP contribution in [0, 0.1) is 11.6 Å². The molecule has 0 aromatic heterocycles. The third kappa shape index (κ3) is 2.70. The molecule has 18 heavy (non-hydrogen) atoms. The van der Waals surface area contributed by atoms with Gasteiger partial charge in [0.1, 0.15) is 0 Å². The van der Waals surface area contributed by atoms with Gasteiger partial charge in [-0.25, -0.2) is 8.78 Å². The summed E-state index contributed by atoms with van der Waals surface area (Å²) in [6, 6.07) is 1.92. The van der Waals surface area contributed by atoms with Crippen LogP contribution in [0.3, 0.4) is 0 Å². The number of benzene rings is 1. The lowest BCUT2D eigenvalue weighted by molar-refractivity contribution is 0.0706. The maximum Gasteiger partial charge on any atom is 0.255 e. The Morgan fingerprint density at radius 3 is 2.56 bits per heavy atom. The van der Waals surface area contributed by atoms with E-state index in [9.17, 15) is 13.6 Å². The Kier molecular flexibility index (Phi) is 3.97. The smallest absolute Gasteiger partial charge is 0.255 e. The fourth-order valence-electron chi connectivity index (χ4n) is 1.79. The molecule has 0 atom stereocenters. The predicted molar refractivity (Wildman–Crippen MR) is 65.2 cm³/mol. The van der Waals surface area contributed by atoms with Crippen LogP contribution >= 0.6 is 15.9 Å². The zero-order chi connectivity index (χ0) is 13.3. The minimum Gasteiger partial charge on any atom is -0.395 e. The number of hydrogen-bond donors (Lipinski definition) is 1. The molecule has 0 saturated heterocycles. The summed E-state index contributed by atoms with van der Waals surface area (Å²) in [5.41, 5.74) is 0.0780. The van der Waals surface area contributed by atoms with Crippen molar-refractivity contribution < 1.29 is 18.7 Å². The zero-order valence-corrected chi connectivity index (χ0v) is 11.1. The largest absolute Gasteiger partial charge is 0.395 e. The monoisotopic (exact) mass is 319 g/mol. The number of amides is 1. The van der Waals surface area contributed by atoms with Gasteiger partial charge in [-0.2, -0.15) is 0 Å². The van der Waals surface area contributed by atoms with Crippen LogP contribution in [0.1, 0.15) is 23.2 Å². The molecule has 1 aromatic rings. The fraction of sp³-hybridized carbons (Fsp3) is 0.417. The molecule has 1 aliphatic carbocycles. The number of rotatable bonds is 4. The van der Waals surface area contributed by atoms with Gasteiger partial charge in [0.2, 0.25) is 0 Å². The van der Waals surface area contributed by atoms with Crippen molar-refractivity contribution in [3.8, 4) is 0 Å². The van der Waals surface area contributed by atoms with Gasteiger partial charge in [-0.05, 0) is 40.9 Å². The van der Waals surface area contributed by atoms with Gasteiger partial charge in [0.05, 0.1) is 12.2 Å². The van der Waals surface area contributed by atoms with Crippen molar-refractivity contribution in [3.05, 3.63) is 33.8 Å². The highest BCUT2D eigenvalue weighted by atomic mass is 79.9. The number of aliphatic hydroxyl groups is 1. The van der Waals surface area contributed by atoms with Crippen LogP contribution < -0.4 is 0 Å². The summed E-state index contributed by atoms with van der Waals surface area (Å²) in [6.07, 6.45) is 1.76. The molecular formula is C12H12BrF2NO2. The number of aliphatic hydroxyl groups excluding tert-OH is 1. The van der Waals surface area contributed by atoms with Gasteiger partial charge in [0.25, 0.3) is 5.91 Å². The lowest BCUT2D eigenvalue weighted by Gasteiger charge is -2.22. The standard InChI is InChI=1S/C12H12BrF2NO2/c13-9-6-11(15)10(14)5-8(9)12(18)16(3-4-17)7-1-2-7/h5-7,17H,1-4H2. The molecule has 1 aromatic carbocycles. The third-order valence-electron chi connectivity index (χ3n) is 2.83. The Bertz CT molecular complexity index is 477. The maximum absolute atomic E-state index is 13.2. The van der Waals surface area contributed by atoms with E-state index in [4.69, 9.17) is 5.11 Å². The van der Waals surface area contributed by atoms with Crippen molar-refractivity contribution in [2.24, 2.45) is 0 Å². The van der Waals surface area contributed by atoms with Crippen molar-refractivity contribution >= 4 is 21.8 Å². The van der Waals surface area contributed by atoms with Crippen molar-refractivity contribution in [3.63, 3.8) is 0 Å². The predicted octanol–water partition coefficient (Wildman–Crippen LogP) is 2.32. The third-order valence-corrected chi connectivity index (χ3v) is 3.49. The lowest BCUT2D eigenvalue weighted by atomic mass is 10.2. The summed E-state index contributed by atoms with van der Waals surface area (Å²) in [4.78, 5) is 13.7. The molecule has 0 spiro atoms. The second kappa shape index (κ2) is 5.32. The van der Waals surface area contributed by atoms with Crippen molar-refractivity contribution in [1.29, 1.82) is 0 Å². The molecule has 0 radical (unpaired) electrons. The summed E-state index contributed by atoms with van der Waals surface area (Å²) in [6.45, 7) is 0.0540. The van der Waals surface area contributed by atoms with Crippen molar-refractivity contribution in [1.82, 2.24) is 4.90 Å². The minimum atomic E-state index is -1.05. The number of hydrogen-bond acceptors (Lipinski definition) is 2. The van der Waals surface area contributed by atoms with E-state index >= 15 is 0 Å². The van der Waals surface area contributed by atoms with E-state index in [2.05, 4.69) is 15.9 Å². The SMILES string of the molecule is O=C(c1cc(F)c(F)cc1Br)N(CCO)C1CC1. The minimum absolute atomic E-state index is 0.0780. The summed E-state index contributed by atoms with van der Waals surface area (Å²) in [5, 5.41) is 8.94. The number of carbonyl (C=O) groups excluding carboxylic acids is 1. The Hall–Kier alpha value is -1.01. The quantitative estimate of drug-likeness (QED) is 0.865. The molecule has 3 nitrogen and oxygen atoms in total. The molecule has 98 valence electrons. The van der Waals surface area contributed by atoms with Crippen molar-refractivity contribution in [2.75, 3.05) is 13.2 Å². The molecule has 6 heteroatoms. The van der Waals surface area contributed by atoms with Crippen LogP contribution in [0.5, 0.6) is 0 Å². The number of halogens is 3. The molecule has 1 N–H and O–H groups in total. The number of nitrogens with zero attached hydrogens (tertiary/aromatic N) is 1. The number of carbonyl (C=O) groups is 1.